The van der Waals surface area contributed by atoms with E-state index in [0.717, 1.165) is 12.8 Å². The minimum atomic E-state index is -0.858. The van der Waals surface area contributed by atoms with Gasteiger partial charge in [0.1, 0.15) is 0 Å². The van der Waals surface area contributed by atoms with Crippen molar-refractivity contribution < 1.29 is 19.4 Å². The van der Waals surface area contributed by atoms with Gasteiger partial charge in [-0.1, -0.05) is 17.7 Å². The van der Waals surface area contributed by atoms with Crippen LogP contribution in [0.3, 0.4) is 0 Å². The molecule has 1 fully saturated rings. The second-order valence-electron chi connectivity index (χ2n) is 5.02. The second kappa shape index (κ2) is 7.43. The quantitative estimate of drug-likeness (QED) is 0.907. The smallest absolute Gasteiger partial charge is 0.305 e. The van der Waals surface area contributed by atoms with Crippen LogP contribution in [0.5, 0.6) is 0 Å². The van der Waals surface area contributed by atoms with Crippen LogP contribution in [0, 0.1) is 0 Å². The van der Waals surface area contributed by atoms with Crippen molar-refractivity contribution in [3.8, 4) is 0 Å². The lowest BCUT2D eigenvalue weighted by molar-refractivity contribution is -0.138. The van der Waals surface area contributed by atoms with E-state index in [1.165, 1.54) is 0 Å². The van der Waals surface area contributed by atoms with Gasteiger partial charge in [0.2, 0.25) is 0 Å². The van der Waals surface area contributed by atoms with E-state index in [2.05, 4.69) is 0 Å². The van der Waals surface area contributed by atoms with Gasteiger partial charge in [0, 0.05) is 23.7 Å². The van der Waals surface area contributed by atoms with Crippen molar-refractivity contribution in [1.82, 2.24) is 4.90 Å². The first kappa shape index (κ1) is 15.8. The van der Waals surface area contributed by atoms with E-state index in [0.29, 0.717) is 23.7 Å². The normalized spacial score (nSPS) is 16.0. The first-order valence-electron chi connectivity index (χ1n) is 6.94. The van der Waals surface area contributed by atoms with Gasteiger partial charge in [-0.2, -0.15) is 0 Å². The molecule has 1 amide bonds. The van der Waals surface area contributed by atoms with Gasteiger partial charge in [-0.15, -0.1) is 0 Å². The molecule has 0 unspecified atom stereocenters. The van der Waals surface area contributed by atoms with Gasteiger partial charge in [-0.3, -0.25) is 9.59 Å². The lowest BCUT2D eigenvalue weighted by atomic mass is 10.1. The molecule has 1 heterocycles. The van der Waals surface area contributed by atoms with Crippen LogP contribution in [-0.2, 0) is 9.53 Å². The number of benzene rings is 1. The van der Waals surface area contributed by atoms with E-state index in [1.54, 1.807) is 29.2 Å². The van der Waals surface area contributed by atoms with Crippen LogP contribution < -0.4 is 0 Å². The average Bonchev–Trinajstić information content (AvgIpc) is 2.47. The van der Waals surface area contributed by atoms with Crippen LogP contribution in [-0.4, -0.2) is 47.7 Å². The molecule has 0 spiro atoms. The summed E-state index contributed by atoms with van der Waals surface area (Å²) >= 11 is 5.90. The number of halogens is 1. The number of hydrogen-bond acceptors (Lipinski definition) is 3. The minimum Gasteiger partial charge on any atom is -0.481 e. The maximum Gasteiger partial charge on any atom is 0.305 e. The van der Waals surface area contributed by atoms with Crippen molar-refractivity contribution >= 4 is 23.5 Å². The Morgan fingerprint density at radius 1 is 1.33 bits per heavy atom. The molecule has 21 heavy (non-hydrogen) atoms. The summed E-state index contributed by atoms with van der Waals surface area (Å²) < 4.78 is 5.51. The SMILES string of the molecule is O=C(O)CCOC1CCN(C(=O)c2cccc(Cl)c2)CC1. The lowest BCUT2D eigenvalue weighted by Gasteiger charge is -2.32. The summed E-state index contributed by atoms with van der Waals surface area (Å²) in [7, 11) is 0. The number of likely N-dealkylation sites (tertiary alicyclic amines) is 1. The Balaban J connectivity index is 1.81. The predicted octanol–water partition coefficient (Wildman–Crippen LogP) is 2.44. The highest BCUT2D eigenvalue weighted by atomic mass is 35.5. The van der Waals surface area contributed by atoms with Crippen LogP contribution in [0.4, 0.5) is 0 Å². The number of piperidine rings is 1. The van der Waals surface area contributed by atoms with Gasteiger partial charge in [0.05, 0.1) is 19.1 Å². The number of carbonyl (C=O) groups is 2. The van der Waals surface area contributed by atoms with Crippen LogP contribution in [0.1, 0.15) is 29.6 Å². The first-order chi connectivity index (χ1) is 10.1. The number of rotatable bonds is 5. The standard InChI is InChI=1S/C15H18ClNO4/c16-12-3-1-2-11(10-12)15(20)17-7-4-13(5-8-17)21-9-6-14(18)19/h1-3,10,13H,4-9H2,(H,18,19). The van der Waals surface area contributed by atoms with Crippen LogP contribution in [0.25, 0.3) is 0 Å². The minimum absolute atomic E-state index is 0.0155. The van der Waals surface area contributed by atoms with Gasteiger partial charge in [0.15, 0.2) is 0 Å². The molecule has 1 aromatic carbocycles. The van der Waals surface area contributed by atoms with Gasteiger partial charge in [-0.25, -0.2) is 0 Å². The van der Waals surface area contributed by atoms with E-state index in [1.807, 2.05) is 0 Å². The summed E-state index contributed by atoms with van der Waals surface area (Å²) in [5, 5.41) is 9.11. The fraction of sp³-hybridized carbons (Fsp3) is 0.467. The Kier molecular flexibility index (Phi) is 5.59. The molecule has 2 rings (SSSR count). The van der Waals surface area contributed by atoms with E-state index in [-0.39, 0.29) is 25.0 Å². The van der Waals surface area contributed by atoms with Gasteiger partial charge in [-0.05, 0) is 31.0 Å². The number of carboxylic acids is 1. The monoisotopic (exact) mass is 311 g/mol. The molecule has 5 nitrogen and oxygen atoms in total. The van der Waals surface area contributed by atoms with E-state index >= 15 is 0 Å². The summed E-state index contributed by atoms with van der Waals surface area (Å²) in [6.45, 7) is 1.45. The molecule has 0 saturated carbocycles. The molecule has 1 aliphatic heterocycles. The zero-order chi connectivity index (χ0) is 15.2. The summed E-state index contributed by atoms with van der Waals surface area (Å²) in [5.41, 5.74) is 0.591. The third-order valence-corrected chi connectivity index (χ3v) is 3.71. The number of ether oxygens (including phenoxy) is 1. The van der Waals surface area contributed by atoms with E-state index in [4.69, 9.17) is 21.4 Å². The highest BCUT2D eigenvalue weighted by molar-refractivity contribution is 6.30. The first-order valence-corrected chi connectivity index (χ1v) is 7.32. The van der Waals surface area contributed by atoms with Crippen molar-refractivity contribution in [2.45, 2.75) is 25.4 Å². The Hall–Kier alpha value is -1.59. The van der Waals surface area contributed by atoms with Crippen molar-refractivity contribution in [3.05, 3.63) is 34.9 Å². The highest BCUT2D eigenvalue weighted by Crippen LogP contribution is 2.18. The molecule has 0 atom stereocenters. The Morgan fingerprint density at radius 2 is 2.05 bits per heavy atom. The molecule has 0 aromatic heterocycles. The van der Waals surface area contributed by atoms with Gasteiger partial charge >= 0.3 is 5.97 Å². The fourth-order valence-electron chi connectivity index (χ4n) is 2.34. The van der Waals surface area contributed by atoms with Crippen molar-refractivity contribution in [3.63, 3.8) is 0 Å². The van der Waals surface area contributed by atoms with Crippen LogP contribution >= 0.6 is 11.6 Å². The van der Waals surface area contributed by atoms with E-state index < -0.39 is 5.97 Å². The fourth-order valence-corrected chi connectivity index (χ4v) is 2.53. The third-order valence-electron chi connectivity index (χ3n) is 3.47. The molecule has 6 heteroatoms. The van der Waals surface area contributed by atoms with Crippen LogP contribution in [0.2, 0.25) is 5.02 Å². The number of amides is 1. The molecule has 1 aliphatic rings. The van der Waals surface area contributed by atoms with Crippen LogP contribution in [0.15, 0.2) is 24.3 Å². The second-order valence-corrected chi connectivity index (χ2v) is 5.45. The van der Waals surface area contributed by atoms with Crippen molar-refractivity contribution in [2.24, 2.45) is 0 Å². The third kappa shape index (κ3) is 4.72. The number of carboxylic acid groups (broad SMARTS) is 1. The maximum atomic E-state index is 12.3. The highest BCUT2D eigenvalue weighted by Gasteiger charge is 2.24. The molecular weight excluding hydrogens is 294 g/mol. The number of hydrogen-bond donors (Lipinski definition) is 1. The molecule has 0 aliphatic carbocycles. The molecule has 0 radical (unpaired) electrons. The summed E-state index contributed by atoms with van der Waals surface area (Å²) in [5.74, 6) is -0.884. The number of carbonyl (C=O) groups excluding carboxylic acids is 1. The summed E-state index contributed by atoms with van der Waals surface area (Å²) in [6, 6.07) is 6.92. The molecule has 1 aromatic rings. The van der Waals surface area contributed by atoms with Gasteiger partial charge < -0.3 is 14.7 Å². The maximum absolute atomic E-state index is 12.3. The predicted molar refractivity (Wildman–Crippen MR) is 78.6 cm³/mol. The Morgan fingerprint density at radius 3 is 2.67 bits per heavy atom. The Bertz CT molecular complexity index is 512. The largest absolute Gasteiger partial charge is 0.481 e. The van der Waals surface area contributed by atoms with E-state index in [9.17, 15) is 9.59 Å². The van der Waals surface area contributed by atoms with Crippen molar-refractivity contribution in [1.29, 1.82) is 0 Å². The molecule has 114 valence electrons. The summed E-state index contributed by atoms with van der Waals surface area (Å²) in [6.07, 6.45) is 1.51. The molecule has 1 N–H and O–H groups in total. The topological polar surface area (TPSA) is 66.8 Å². The molecular formula is C15H18ClNO4. The number of aliphatic carboxylic acids is 1. The van der Waals surface area contributed by atoms with Gasteiger partial charge in [0.25, 0.3) is 5.91 Å². The summed E-state index contributed by atoms with van der Waals surface area (Å²) in [4.78, 5) is 24.5. The zero-order valence-corrected chi connectivity index (χ0v) is 12.4. The van der Waals surface area contributed by atoms with Crippen molar-refractivity contribution in [2.75, 3.05) is 19.7 Å². The number of nitrogens with zero attached hydrogens (tertiary/aromatic N) is 1. The lowest BCUT2D eigenvalue weighted by Crippen LogP contribution is -2.41. The average molecular weight is 312 g/mol. The molecule has 1 saturated heterocycles. The zero-order valence-electron chi connectivity index (χ0n) is 11.6. The Labute approximate surface area is 128 Å². The molecule has 0 bridgehead atoms.